The molecule has 1 unspecified atom stereocenters. The number of hydrogen-bond acceptors (Lipinski definition) is 2. The molecular weight excluding hydrogens is 268 g/mol. The summed E-state index contributed by atoms with van der Waals surface area (Å²) in [5.74, 6) is -0.914. The molecule has 1 aromatic rings. The van der Waals surface area contributed by atoms with E-state index in [1.807, 2.05) is 13.8 Å². The molecule has 19 heavy (non-hydrogen) atoms. The first-order chi connectivity index (χ1) is 8.88. The third kappa shape index (κ3) is 5.61. The number of carboxylic acid groups (broad SMARTS) is 1. The number of carboxylic acids is 1. The molecule has 0 saturated carbocycles. The average molecular weight is 285 g/mol. The predicted octanol–water partition coefficient (Wildman–Crippen LogP) is 2.96. The van der Waals surface area contributed by atoms with E-state index in [1.54, 1.807) is 24.3 Å². The summed E-state index contributed by atoms with van der Waals surface area (Å²) >= 11 is 5.80. The smallest absolute Gasteiger partial charge is 0.319 e. The molecule has 0 saturated heterocycles. The lowest BCUT2D eigenvalue weighted by Gasteiger charge is -2.20. The van der Waals surface area contributed by atoms with Gasteiger partial charge in [-0.1, -0.05) is 31.5 Å². The van der Waals surface area contributed by atoms with Crippen LogP contribution in [0.3, 0.4) is 0 Å². The molecule has 0 aromatic heterocycles. The highest BCUT2D eigenvalue weighted by Crippen LogP contribution is 2.15. The molecule has 0 aliphatic heterocycles. The van der Waals surface area contributed by atoms with Gasteiger partial charge in [0.15, 0.2) is 0 Å². The van der Waals surface area contributed by atoms with Crippen LogP contribution < -0.4 is 10.6 Å². The number of anilines is 1. The summed E-state index contributed by atoms with van der Waals surface area (Å²) in [6.07, 6.45) is -0.110. The van der Waals surface area contributed by atoms with Crippen LogP contribution in [0.25, 0.3) is 0 Å². The van der Waals surface area contributed by atoms with Gasteiger partial charge in [0.25, 0.3) is 0 Å². The van der Waals surface area contributed by atoms with E-state index in [1.165, 1.54) is 0 Å². The number of aliphatic carboxylic acids is 1. The summed E-state index contributed by atoms with van der Waals surface area (Å²) in [5.41, 5.74) is 0.558. The maximum absolute atomic E-state index is 11.8. The van der Waals surface area contributed by atoms with Gasteiger partial charge in [-0.2, -0.15) is 0 Å². The van der Waals surface area contributed by atoms with Crippen molar-refractivity contribution in [1.29, 1.82) is 0 Å². The van der Waals surface area contributed by atoms with E-state index in [4.69, 9.17) is 16.7 Å². The van der Waals surface area contributed by atoms with Gasteiger partial charge in [0.2, 0.25) is 0 Å². The third-order valence-corrected chi connectivity index (χ3v) is 2.83. The van der Waals surface area contributed by atoms with Crippen molar-refractivity contribution in [1.82, 2.24) is 5.32 Å². The lowest BCUT2D eigenvalue weighted by atomic mass is 10.0. The molecule has 0 bridgehead atoms. The lowest BCUT2D eigenvalue weighted by molar-refractivity contribution is -0.137. The molecule has 0 aliphatic rings. The van der Waals surface area contributed by atoms with Crippen LogP contribution in [0.15, 0.2) is 24.3 Å². The summed E-state index contributed by atoms with van der Waals surface area (Å²) in [4.78, 5) is 22.5. The van der Waals surface area contributed by atoms with Gasteiger partial charge >= 0.3 is 12.0 Å². The van der Waals surface area contributed by atoms with E-state index >= 15 is 0 Å². The fraction of sp³-hybridized carbons (Fsp3) is 0.385. The van der Waals surface area contributed by atoms with Gasteiger partial charge < -0.3 is 15.7 Å². The zero-order valence-electron chi connectivity index (χ0n) is 10.8. The minimum absolute atomic E-state index is 0.0289. The quantitative estimate of drug-likeness (QED) is 0.778. The monoisotopic (exact) mass is 284 g/mol. The molecule has 104 valence electrons. The molecule has 0 spiro atoms. The number of urea groups is 1. The Morgan fingerprint density at radius 3 is 2.58 bits per heavy atom. The SMILES string of the molecule is CC(C)C(CC(=O)O)NC(=O)Nc1cccc(Cl)c1. The summed E-state index contributed by atoms with van der Waals surface area (Å²) in [5, 5.41) is 14.6. The number of benzene rings is 1. The first-order valence-electron chi connectivity index (χ1n) is 5.93. The second-order valence-corrected chi connectivity index (χ2v) is 4.99. The first kappa shape index (κ1) is 15.3. The number of carbonyl (C=O) groups excluding carboxylic acids is 1. The fourth-order valence-corrected chi connectivity index (χ4v) is 1.73. The molecular formula is C13H17ClN2O3. The van der Waals surface area contributed by atoms with Crippen molar-refractivity contribution in [3.8, 4) is 0 Å². The molecule has 1 rings (SSSR count). The highest BCUT2D eigenvalue weighted by atomic mass is 35.5. The van der Waals surface area contributed by atoms with Crippen molar-refractivity contribution < 1.29 is 14.7 Å². The molecule has 3 N–H and O–H groups in total. The molecule has 2 amide bonds. The largest absolute Gasteiger partial charge is 0.481 e. The normalized spacial score (nSPS) is 12.0. The van der Waals surface area contributed by atoms with E-state index in [-0.39, 0.29) is 12.3 Å². The Balaban J connectivity index is 2.60. The Morgan fingerprint density at radius 1 is 1.37 bits per heavy atom. The second-order valence-electron chi connectivity index (χ2n) is 4.56. The Hall–Kier alpha value is -1.75. The van der Waals surface area contributed by atoms with Crippen LogP contribution in [-0.2, 0) is 4.79 Å². The zero-order valence-corrected chi connectivity index (χ0v) is 11.6. The van der Waals surface area contributed by atoms with E-state index in [9.17, 15) is 9.59 Å². The minimum Gasteiger partial charge on any atom is -0.481 e. The van der Waals surface area contributed by atoms with Gasteiger partial charge in [0, 0.05) is 16.8 Å². The summed E-state index contributed by atoms with van der Waals surface area (Å²) in [6.45, 7) is 3.71. The highest BCUT2D eigenvalue weighted by Gasteiger charge is 2.19. The van der Waals surface area contributed by atoms with E-state index in [0.717, 1.165) is 0 Å². The predicted molar refractivity (Wildman–Crippen MR) is 74.5 cm³/mol. The molecule has 1 atom stereocenters. The zero-order chi connectivity index (χ0) is 14.4. The molecule has 0 radical (unpaired) electrons. The molecule has 0 fully saturated rings. The van der Waals surface area contributed by atoms with Crippen molar-refractivity contribution >= 4 is 29.3 Å². The number of carbonyl (C=O) groups is 2. The number of amides is 2. The number of hydrogen-bond donors (Lipinski definition) is 3. The van der Waals surface area contributed by atoms with Crippen LogP contribution in [0.5, 0.6) is 0 Å². The highest BCUT2D eigenvalue weighted by molar-refractivity contribution is 6.30. The molecule has 0 aliphatic carbocycles. The van der Waals surface area contributed by atoms with Gasteiger partial charge in [-0.3, -0.25) is 4.79 Å². The summed E-state index contributed by atoms with van der Waals surface area (Å²) in [7, 11) is 0. The average Bonchev–Trinajstić information content (AvgIpc) is 2.27. The Bertz CT molecular complexity index is 463. The Labute approximate surface area is 117 Å². The first-order valence-corrected chi connectivity index (χ1v) is 6.31. The van der Waals surface area contributed by atoms with Crippen molar-refractivity contribution in [2.75, 3.05) is 5.32 Å². The molecule has 1 aromatic carbocycles. The van der Waals surface area contributed by atoms with Crippen molar-refractivity contribution in [3.05, 3.63) is 29.3 Å². The molecule has 5 nitrogen and oxygen atoms in total. The Kier molecular flexibility index (Phi) is 5.63. The maximum atomic E-state index is 11.8. The Morgan fingerprint density at radius 2 is 2.05 bits per heavy atom. The maximum Gasteiger partial charge on any atom is 0.319 e. The van der Waals surface area contributed by atoms with Crippen LogP contribution >= 0.6 is 11.6 Å². The van der Waals surface area contributed by atoms with Crippen LogP contribution in [-0.4, -0.2) is 23.1 Å². The van der Waals surface area contributed by atoms with Gasteiger partial charge in [0.1, 0.15) is 0 Å². The van der Waals surface area contributed by atoms with E-state index in [2.05, 4.69) is 10.6 Å². The van der Waals surface area contributed by atoms with Gasteiger partial charge in [-0.25, -0.2) is 4.79 Å². The minimum atomic E-state index is -0.943. The van der Waals surface area contributed by atoms with Crippen LogP contribution in [0.2, 0.25) is 5.02 Å². The van der Waals surface area contributed by atoms with Gasteiger partial charge in [-0.05, 0) is 24.1 Å². The number of halogens is 1. The molecule has 0 heterocycles. The summed E-state index contributed by atoms with van der Waals surface area (Å²) in [6, 6.07) is 5.87. The standard InChI is InChI=1S/C13H17ClN2O3/c1-8(2)11(7-12(17)18)16-13(19)15-10-5-3-4-9(14)6-10/h3-6,8,11H,7H2,1-2H3,(H,17,18)(H2,15,16,19). The van der Waals surface area contributed by atoms with Gasteiger partial charge in [0.05, 0.1) is 6.42 Å². The summed E-state index contributed by atoms with van der Waals surface area (Å²) < 4.78 is 0. The van der Waals surface area contributed by atoms with Crippen molar-refractivity contribution in [3.63, 3.8) is 0 Å². The number of rotatable bonds is 5. The van der Waals surface area contributed by atoms with Crippen molar-refractivity contribution in [2.45, 2.75) is 26.3 Å². The van der Waals surface area contributed by atoms with E-state index < -0.39 is 18.0 Å². The van der Waals surface area contributed by atoms with Crippen LogP contribution in [0, 0.1) is 5.92 Å². The number of nitrogens with one attached hydrogen (secondary N) is 2. The molecule has 6 heteroatoms. The van der Waals surface area contributed by atoms with E-state index in [0.29, 0.717) is 10.7 Å². The van der Waals surface area contributed by atoms with Crippen LogP contribution in [0.1, 0.15) is 20.3 Å². The topological polar surface area (TPSA) is 78.4 Å². The second kappa shape index (κ2) is 6.99. The van der Waals surface area contributed by atoms with Crippen LogP contribution in [0.4, 0.5) is 10.5 Å². The van der Waals surface area contributed by atoms with Crippen molar-refractivity contribution in [2.24, 2.45) is 5.92 Å². The lowest BCUT2D eigenvalue weighted by Crippen LogP contribution is -2.42. The third-order valence-electron chi connectivity index (χ3n) is 2.60. The van der Waals surface area contributed by atoms with Gasteiger partial charge in [-0.15, -0.1) is 0 Å². The fourth-order valence-electron chi connectivity index (χ4n) is 1.54.